The first-order valence-electron chi connectivity index (χ1n) is 10.2. The van der Waals surface area contributed by atoms with Crippen molar-refractivity contribution in [2.45, 2.75) is 13.5 Å². The van der Waals surface area contributed by atoms with Gasteiger partial charge in [0, 0.05) is 5.56 Å². The molecule has 0 spiro atoms. The van der Waals surface area contributed by atoms with Crippen LogP contribution in [0.15, 0.2) is 71.8 Å². The molecule has 0 saturated heterocycles. The van der Waals surface area contributed by atoms with Gasteiger partial charge >= 0.3 is 0 Å². The molecule has 0 bridgehead atoms. The maximum Gasteiger partial charge on any atom is 0.216 e. The van der Waals surface area contributed by atoms with Crippen molar-refractivity contribution in [3.63, 3.8) is 0 Å². The minimum Gasteiger partial charge on any atom is -0.490 e. The highest BCUT2D eigenvalue weighted by atomic mass is 35.5. The molecule has 1 heterocycles. The normalized spacial score (nSPS) is 11.1. The summed E-state index contributed by atoms with van der Waals surface area (Å²) in [6.07, 6.45) is 1.61. The topological polar surface area (TPSA) is 64.4 Å². The second kappa shape index (κ2) is 10.4. The lowest BCUT2D eigenvalue weighted by Crippen LogP contribution is -2.02. The maximum atomic E-state index is 13.5. The summed E-state index contributed by atoms with van der Waals surface area (Å²) in [7, 11) is 0. The van der Waals surface area contributed by atoms with Crippen molar-refractivity contribution in [3.05, 3.63) is 93.5 Å². The Bertz CT molecular complexity index is 1340. The number of hydrogen-bond donors (Lipinski definition) is 1. The number of ether oxygens (including phenoxy) is 2. The van der Waals surface area contributed by atoms with Crippen molar-refractivity contribution in [2.24, 2.45) is 5.10 Å². The molecule has 6 nitrogen and oxygen atoms in total. The van der Waals surface area contributed by atoms with Gasteiger partial charge in [-0.3, -0.25) is 0 Å². The van der Waals surface area contributed by atoms with E-state index in [0.29, 0.717) is 44.9 Å². The van der Waals surface area contributed by atoms with Crippen molar-refractivity contribution in [2.75, 3.05) is 6.61 Å². The van der Waals surface area contributed by atoms with E-state index in [2.05, 4.69) is 15.3 Å². The summed E-state index contributed by atoms with van der Waals surface area (Å²) in [5.74, 6) is 1.10. The van der Waals surface area contributed by atoms with Crippen molar-refractivity contribution >= 4 is 30.0 Å². The Labute approximate surface area is 200 Å². The molecule has 0 saturated carbocycles. The molecule has 4 aromatic rings. The highest BCUT2D eigenvalue weighted by Gasteiger charge is 2.13. The summed E-state index contributed by atoms with van der Waals surface area (Å²) in [4.78, 5) is 0. The Morgan fingerprint density at radius 2 is 1.94 bits per heavy atom. The van der Waals surface area contributed by atoms with Gasteiger partial charge in [0.25, 0.3) is 0 Å². The fourth-order valence-corrected chi connectivity index (χ4v) is 3.60. The van der Waals surface area contributed by atoms with Gasteiger partial charge in [0.05, 0.1) is 17.8 Å². The first-order valence-corrected chi connectivity index (χ1v) is 10.9. The second-order valence-corrected chi connectivity index (χ2v) is 7.75. The molecule has 168 valence electrons. The van der Waals surface area contributed by atoms with Crippen LogP contribution in [0.5, 0.6) is 11.5 Å². The smallest absolute Gasteiger partial charge is 0.216 e. The number of aromatic amines is 1. The molecule has 0 unspecified atom stereocenters. The fourth-order valence-electron chi connectivity index (χ4n) is 3.14. The summed E-state index contributed by atoms with van der Waals surface area (Å²) < 4.78 is 26.9. The average Bonchev–Trinajstić information content (AvgIpc) is 3.18. The average molecular weight is 483 g/mol. The minimum atomic E-state index is -0.327. The zero-order valence-corrected chi connectivity index (χ0v) is 19.2. The highest BCUT2D eigenvalue weighted by molar-refractivity contribution is 7.71. The number of nitrogens with zero attached hydrogens (tertiary/aromatic N) is 3. The van der Waals surface area contributed by atoms with E-state index in [1.807, 2.05) is 37.3 Å². The van der Waals surface area contributed by atoms with E-state index in [9.17, 15) is 4.39 Å². The third-order valence-corrected chi connectivity index (χ3v) is 5.15. The molecule has 9 heteroatoms. The van der Waals surface area contributed by atoms with E-state index in [-0.39, 0.29) is 12.4 Å². The van der Waals surface area contributed by atoms with E-state index in [1.165, 1.54) is 16.8 Å². The number of rotatable bonds is 8. The van der Waals surface area contributed by atoms with Crippen LogP contribution >= 0.6 is 23.8 Å². The molecule has 3 aromatic carbocycles. The van der Waals surface area contributed by atoms with Crippen LogP contribution in [0.1, 0.15) is 18.1 Å². The van der Waals surface area contributed by atoms with Crippen LogP contribution in [0.25, 0.3) is 11.4 Å². The van der Waals surface area contributed by atoms with Gasteiger partial charge in [-0.1, -0.05) is 54.1 Å². The van der Waals surface area contributed by atoms with Crippen LogP contribution in [0.3, 0.4) is 0 Å². The second-order valence-electron chi connectivity index (χ2n) is 6.96. The van der Waals surface area contributed by atoms with E-state index in [4.69, 9.17) is 33.3 Å². The quantitative estimate of drug-likeness (QED) is 0.238. The predicted molar refractivity (Wildman–Crippen MR) is 129 cm³/mol. The van der Waals surface area contributed by atoms with Crippen LogP contribution < -0.4 is 9.47 Å². The molecule has 1 aromatic heterocycles. The molecule has 0 fully saturated rings. The van der Waals surface area contributed by atoms with Crippen LogP contribution in [0.4, 0.5) is 4.39 Å². The van der Waals surface area contributed by atoms with E-state index >= 15 is 0 Å². The Morgan fingerprint density at radius 1 is 1.12 bits per heavy atom. The molecule has 0 aliphatic rings. The number of nitrogens with one attached hydrogen (secondary N) is 1. The Balaban J connectivity index is 1.61. The third-order valence-electron chi connectivity index (χ3n) is 4.61. The number of benzene rings is 3. The predicted octanol–water partition coefficient (Wildman–Crippen LogP) is 6.26. The van der Waals surface area contributed by atoms with Gasteiger partial charge in [0.2, 0.25) is 4.77 Å². The lowest BCUT2D eigenvalue weighted by molar-refractivity contribution is 0.269. The molecule has 1 N–H and O–H groups in total. The summed E-state index contributed by atoms with van der Waals surface area (Å²) in [6.45, 7) is 2.43. The van der Waals surface area contributed by atoms with Gasteiger partial charge in [0.15, 0.2) is 17.3 Å². The first-order chi connectivity index (χ1) is 16.0. The van der Waals surface area contributed by atoms with Crippen molar-refractivity contribution < 1.29 is 13.9 Å². The van der Waals surface area contributed by atoms with Crippen molar-refractivity contribution in [3.8, 4) is 22.9 Å². The van der Waals surface area contributed by atoms with E-state index in [1.54, 1.807) is 30.5 Å². The van der Waals surface area contributed by atoms with Gasteiger partial charge in [0.1, 0.15) is 12.4 Å². The molecule has 4 rings (SSSR count). The Morgan fingerprint density at radius 3 is 2.70 bits per heavy atom. The van der Waals surface area contributed by atoms with Crippen LogP contribution in [-0.4, -0.2) is 27.7 Å². The van der Waals surface area contributed by atoms with E-state index in [0.717, 1.165) is 5.56 Å². The van der Waals surface area contributed by atoms with Gasteiger partial charge in [-0.2, -0.15) is 14.9 Å². The van der Waals surface area contributed by atoms with Gasteiger partial charge in [-0.05, 0) is 54.5 Å². The molecule has 0 amide bonds. The Hall–Kier alpha value is -3.49. The molecule has 0 aliphatic heterocycles. The van der Waals surface area contributed by atoms with Gasteiger partial charge in [-0.15, -0.1) is 0 Å². The van der Waals surface area contributed by atoms with Crippen LogP contribution in [0.2, 0.25) is 5.02 Å². The van der Waals surface area contributed by atoms with Gasteiger partial charge < -0.3 is 9.47 Å². The molecule has 0 atom stereocenters. The molecular weight excluding hydrogens is 463 g/mol. The van der Waals surface area contributed by atoms with Crippen molar-refractivity contribution in [1.82, 2.24) is 14.9 Å². The molecule has 0 radical (unpaired) electrons. The van der Waals surface area contributed by atoms with Crippen LogP contribution in [-0.2, 0) is 6.61 Å². The monoisotopic (exact) mass is 482 g/mol. The third kappa shape index (κ3) is 5.47. The summed E-state index contributed by atoms with van der Waals surface area (Å²) in [6, 6.07) is 19.3. The summed E-state index contributed by atoms with van der Waals surface area (Å²) >= 11 is 11.8. The highest BCUT2D eigenvalue weighted by Crippen LogP contribution is 2.37. The number of halogens is 2. The molecular formula is C24H20ClFN4O2S. The zero-order chi connectivity index (χ0) is 23.2. The number of H-pyrrole nitrogens is 1. The van der Waals surface area contributed by atoms with Gasteiger partial charge in [-0.25, -0.2) is 9.49 Å². The number of hydrogen-bond acceptors (Lipinski definition) is 5. The molecule has 0 aliphatic carbocycles. The summed E-state index contributed by atoms with van der Waals surface area (Å²) in [5.41, 5.74) is 2.24. The lowest BCUT2D eigenvalue weighted by Gasteiger charge is -2.14. The SMILES string of the molecule is CCOc1cc(C=Nn2c(-c3ccccc3)n[nH]c2=S)cc(Cl)c1OCc1cccc(F)c1. The largest absolute Gasteiger partial charge is 0.490 e. The fraction of sp³-hybridized carbons (Fsp3) is 0.125. The van der Waals surface area contributed by atoms with Crippen LogP contribution in [0, 0.1) is 10.6 Å². The molecule has 33 heavy (non-hydrogen) atoms. The Kier molecular flexibility index (Phi) is 7.16. The lowest BCUT2D eigenvalue weighted by atomic mass is 10.2. The number of aromatic nitrogens is 3. The van der Waals surface area contributed by atoms with Crippen molar-refractivity contribution in [1.29, 1.82) is 0 Å². The van der Waals surface area contributed by atoms with E-state index < -0.39 is 0 Å². The summed E-state index contributed by atoms with van der Waals surface area (Å²) in [5, 5.41) is 11.9. The standard InChI is InChI=1S/C24H20ClFN4O2S/c1-2-31-21-13-17(12-20(25)22(21)32-15-16-7-6-10-19(26)11-16)14-27-30-23(28-29-24(30)33)18-8-4-3-5-9-18/h3-14H,2,15H2,1H3,(H,29,33). The first kappa shape index (κ1) is 22.7. The maximum absolute atomic E-state index is 13.5. The minimum absolute atomic E-state index is 0.148. The zero-order valence-electron chi connectivity index (χ0n) is 17.7.